The maximum Gasteiger partial charge on any atom is 0.166 e. The van der Waals surface area contributed by atoms with Crippen LogP contribution >= 0.6 is 11.3 Å². The van der Waals surface area contributed by atoms with E-state index in [1.165, 1.54) is 12.1 Å². The second-order valence-electron chi connectivity index (χ2n) is 7.26. The van der Waals surface area contributed by atoms with E-state index in [1.807, 2.05) is 30.3 Å². The molecule has 29 heavy (non-hydrogen) atoms. The smallest absolute Gasteiger partial charge is 0.166 e. The molecule has 0 amide bonds. The van der Waals surface area contributed by atoms with Gasteiger partial charge in [-0.25, -0.2) is 9.37 Å². The topological polar surface area (TPSA) is 42.4 Å². The summed E-state index contributed by atoms with van der Waals surface area (Å²) < 4.78 is 18.6. The third-order valence-corrected chi connectivity index (χ3v) is 6.05. The molecule has 4 rings (SSSR count). The molecule has 1 aliphatic heterocycles. The summed E-state index contributed by atoms with van der Waals surface area (Å²) in [6.07, 6.45) is 1.77. The molecule has 0 unspecified atom stereocenters. The first kappa shape index (κ1) is 19.7. The number of carbonyl (C=O) groups is 1. The molecule has 1 fully saturated rings. The summed E-state index contributed by atoms with van der Waals surface area (Å²) in [6.45, 7) is 2.98. The Labute approximate surface area is 174 Å². The molecule has 0 N–H and O–H groups in total. The maximum absolute atomic E-state index is 12.9. The standard InChI is InChI=1S/C23H23FN2O2S/c24-19-6-8-21(9-7-19)28-15-22-25-20(16-29-22)14-26-12-10-18(11-13-26)23(27)17-4-2-1-3-5-17/h1-9,16,18H,10-15H2. The summed E-state index contributed by atoms with van der Waals surface area (Å²) in [5, 5.41) is 2.96. The number of carbonyl (C=O) groups excluding carboxylic acids is 1. The van der Waals surface area contributed by atoms with Crippen LogP contribution in [-0.4, -0.2) is 28.8 Å². The average molecular weight is 411 g/mol. The van der Waals surface area contributed by atoms with Crippen LogP contribution in [0.3, 0.4) is 0 Å². The van der Waals surface area contributed by atoms with Gasteiger partial charge >= 0.3 is 0 Å². The van der Waals surface area contributed by atoms with E-state index in [1.54, 1.807) is 23.5 Å². The molecule has 0 spiro atoms. The van der Waals surface area contributed by atoms with Crippen molar-refractivity contribution in [3.05, 3.63) is 82.1 Å². The van der Waals surface area contributed by atoms with Gasteiger partial charge in [-0.1, -0.05) is 30.3 Å². The number of halogens is 1. The van der Waals surface area contributed by atoms with Crippen molar-refractivity contribution in [3.63, 3.8) is 0 Å². The highest BCUT2D eigenvalue weighted by atomic mass is 32.1. The summed E-state index contributed by atoms with van der Waals surface area (Å²) in [6, 6.07) is 15.6. The zero-order chi connectivity index (χ0) is 20.1. The molecular formula is C23H23FN2O2S. The fraction of sp³-hybridized carbons (Fsp3) is 0.304. The first-order valence-corrected chi connectivity index (χ1v) is 10.7. The first-order chi connectivity index (χ1) is 14.2. The number of ether oxygens (including phenoxy) is 1. The Balaban J connectivity index is 1.24. The molecule has 0 bridgehead atoms. The monoisotopic (exact) mass is 410 g/mol. The van der Waals surface area contributed by atoms with Gasteiger partial charge in [-0.15, -0.1) is 11.3 Å². The Hall–Kier alpha value is -2.57. The second-order valence-corrected chi connectivity index (χ2v) is 8.20. The predicted molar refractivity (Wildman–Crippen MR) is 112 cm³/mol. The van der Waals surface area contributed by atoms with Gasteiger partial charge in [0.05, 0.1) is 5.69 Å². The lowest BCUT2D eigenvalue weighted by atomic mass is 9.89. The number of nitrogens with zero attached hydrogens (tertiary/aromatic N) is 2. The molecule has 0 radical (unpaired) electrons. The van der Waals surface area contributed by atoms with Gasteiger partial charge in [0, 0.05) is 23.4 Å². The zero-order valence-electron chi connectivity index (χ0n) is 16.1. The summed E-state index contributed by atoms with van der Waals surface area (Å²) >= 11 is 1.57. The van der Waals surface area contributed by atoms with E-state index < -0.39 is 0 Å². The fourth-order valence-electron chi connectivity index (χ4n) is 3.58. The number of benzene rings is 2. The number of aromatic nitrogens is 1. The Morgan fingerprint density at radius 1 is 1.10 bits per heavy atom. The molecule has 1 aromatic heterocycles. The van der Waals surface area contributed by atoms with Gasteiger partial charge in [0.25, 0.3) is 0 Å². The number of ketones is 1. The SMILES string of the molecule is O=C(c1ccccc1)C1CCN(Cc2csc(COc3ccc(F)cc3)n2)CC1. The van der Waals surface area contributed by atoms with E-state index >= 15 is 0 Å². The third-order valence-electron chi connectivity index (χ3n) is 5.18. The van der Waals surface area contributed by atoms with Crippen LogP contribution in [0.25, 0.3) is 0 Å². The maximum atomic E-state index is 12.9. The van der Waals surface area contributed by atoms with Crippen molar-refractivity contribution < 1.29 is 13.9 Å². The number of likely N-dealkylation sites (tertiary alicyclic amines) is 1. The van der Waals surface area contributed by atoms with Gasteiger partial charge in [0.1, 0.15) is 23.2 Å². The molecule has 0 saturated carbocycles. The van der Waals surface area contributed by atoms with Crippen LogP contribution in [-0.2, 0) is 13.2 Å². The predicted octanol–water partition coefficient (Wildman–Crippen LogP) is 4.96. The van der Waals surface area contributed by atoms with Crippen LogP contribution in [0.15, 0.2) is 60.0 Å². The van der Waals surface area contributed by atoms with E-state index in [2.05, 4.69) is 15.3 Å². The minimum Gasteiger partial charge on any atom is -0.486 e. The van der Waals surface area contributed by atoms with Gasteiger partial charge in [0.2, 0.25) is 0 Å². The molecule has 3 aromatic rings. The lowest BCUT2D eigenvalue weighted by Gasteiger charge is -2.30. The van der Waals surface area contributed by atoms with Crippen LogP contribution in [0, 0.1) is 11.7 Å². The van der Waals surface area contributed by atoms with E-state index in [0.717, 1.165) is 48.7 Å². The normalized spacial score (nSPS) is 15.3. The highest BCUT2D eigenvalue weighted by molar-refractivity contribution is 7.09. The van der Waals surface area contributed by atoms with E-state index in [0.29, 0.717) is 12.4 Å². The molecule has 1 aliphatic rings. The van der Waals surface area contributed by atoms with E-state index in [-0.39, 0.29) is 17.5 Å². The van der Waals surface area contributed by atoms with Gasteiger partial charge in [0.15, 0.2) is 5.78 Å². The first-order valence-electron chi connectivity index (χ1n) is 9.80. The van der Waals surface area contributed by atoms with Crippen LogP contribution in [0.4, 0.5) is 4.39 Å². The van der Waals surface area contributed by atoms with Gasteiger partial charge in [-0.3, -0.25) is 9.69 Å². The molecule has 6 heteroatoms. The van der Waals surface area contributed by atoms with Crippen molar-refractivity contribution in [1.29, 1.82) is 0 Å². The van der Waals surface area contributed by atoms with Crippen molar-refractivity contribution in [2.45, 2.75) is 26.0 Å². The van der Waals surface area contributed by atoms with Crippen molar-refractivity contribution in [2.24, 2.45) is 5.92 Å². The molecular weight excluding hydrogens is 387 g/mol. The summed E-state index contributed by atoms with van der Waals surface area (Å²) in [7, 11) is 0. The largest absolute Gasteiger partial charge is 0.486 e. The summed E-state index contributed by atoms with van der Waals surface area (Å²) in [5.41, 5.74) is 1.84. The molecule has 0 aliphatic carbocycles. The highest BCUT2D eigenvalue weighted by Gasteiger charge is 2.26. The number of thiazole rings is 1. The van der Waals surface area contributed by atoms with Crippen molar-refractivity contribution in [3.8, 4) is 5.75 Å². The van der Waals surface area contributed by atoms with Crippen molar-refractivity contribution >= 4 is 17.1 Å². The quantitative estimate of drug-likeness (QED) is 0.517. The molecule has 2 aromatic carbocycles. The Bertz CT molecular complexity index is 935. The van der Waals surface area contributed by atoms with Gasteiger partial charge in [-0.2, -0.15) is 0 Å². The van der Waals surface area contributed by atoms with Crippen molar-refractivity contribution in [1.82, 2.24) is 9.88 Å². The Morgan fingerprint density at radius 2 is 1.83 bits per heavy atom. The number of hydrogen-bond donors (Lipinski definition) is 0. The van der Waals surface area contributed by atoms with Crippen LogP contribution in [0.1, 0.15) is 33.9 Å². The molecule has 0 atom stereocenters. The summed E-state index contributed by atoms with van der Waals surface area (Å²) in [4.78, 5) is 19.6. The minimum atomic E-state index is -0.275. The van der Waals surface area contributed by atoms with Crippen LogP contribution in [0.5, 0.6) is 5.75 Å². The highest BCUT2D eigenvalue weighted by Crippen LogP contribution is 2.23. The molecule has 1 saturated heterocycles. The van der Waals surface area contributed by atoms with E-state index in [9.17, 15) is 9.18 Å². The number of hydrogen-bond acceptors (Lipinski definition) is 5. The summed E-state index contributed by atoms with van der Waals surface area (Å²) in [5.74, 6) is 0.735. The average Bonchev–Trinajstić information content (AvgIpc) is 3.21. The van der Waals surface area contributed by atoms with Gasteiger partial charge in [-0.05, 0) is 50.2 Å². The van der Waals surface area contributed by atoms with Crippen molar-refractivity contribution in [2.75, 3.05) is 13.1 Å². The number of Topliss-reactive ketones (excluding diaryl/α,β-unsaturated/α-hetero) is 1. The zero-order valence-corrected chi connectivity index (χ0v) is 16.9. The number of rotatable bonds is 7. The fourth-order valence-corrected chi connectivity index (χ4v) is 4.28. The van der Waals surface area contributed by atoms with Crippen LogP contribution in [0.2, 0.25) is 0 Å². The second kappa shape index (κ2) is 9.29. The molecule has 2 heterocycles. The minimum absolute atomic E-state index is 0.115. The van der Waals surface area contributed by atoms with Gasteiger partial charge < -0.3 is 4.74 Å². The third kappa shape index (κ3) is 5.28. The molecule has 4 nitrogen and oxygen atoms in total. The number of piperidine rings is 1. The lowest BCUT2D eigenvalue weighted by Crippen LogP contribution is -2.36. The Morgan fingerprint density at radius 3 is 2.55 bits per heavy atom. The molecule has 150 valence electrons. The van der Waals surface area contributed by atoms with Crippen LogP contribution < -0.4 is 4.74 Å². The van der Waals surface area contributed by atoms with E-state index in [4.69, 9.17) is 4.74 Å². The lowest BCUT2D eigenvalue weighted by molar-refractivity contribution is 0.0834. The Kier molecular flexibility index (Phi) is 6.32.